The molecule has 0 radical (unpaired) electrons. The molecule has 5 heteroatoms. The van der Waals surface area contributed by atoms with Crippen LogP contribution in [0.15, 0.2) is 42.5 Å². The largest absolute Gasteiger partial charge is 0.376 e. The topological polar surface area (TPSA) is 70.2 Å². The molecule has 2 aromatic rings. The molecule has 0 bridgehead atoms. The fourth-order valence-electron chi connectivity index (χ4n) is 2.08. The van der Waals surface area contributed by atoms with E-state index in [1.54, 1.807) is 0 Å². The third kappa shape index (κ3) is 5.14. The molecular weight excluding hydrogens is 290 g/mol. The van der Waals surface area contributed by atoms with Crippen LogP contribution < -0.4 is 16.0 Å². The van der Waals surface area contributed by atoms with Crippen molar-refractivity contribution in [2.75, 3.05) is 22.5 Å². The number of rotatable bonds is 5. The zero-order chi connectivity index (χ0) is 16.8. The summed E-state index contributed by atoms with van der Waals surface area (Å²) in [6.45, 7) is 5.53. The van der Waals surface area contributed by atoms with Crippen LogP contribution in [-0.2, 0) is 9.59 Å². The van der Waals surface area contributed by atoms with Crippen LogP contribution >= 0.6 is 0 Å². The average Bonchev–Trinajstić information content (AvgIpc) is 2.50. The van der Waals surface area contributed by atoms with Gasteiger partial charge in [0.15, 0.2) is 0 Å². The number of carbonyl (C=O) groups excluding carboxylic acids is 2. The van der Waals surface area contributed by atoms with Crippen molar-refractivity contribution in [1.82, 2.24) is 0 Å². The molecule has 0 atom stereocenters. The SMILES string of the molecule is CC(=O)Nc1cc(NCC(=O)Nc2ccc(C)cc2)ccc1C. The first kappa shape index (κ1) is 16.5. The molecule has 2 amide bonds. The predicted octanol–water partition coefficient (Wildman–Crippen LogP) is 3.31. The third-order valence-electron chi connectivity index (χ3n) is 3.34. The molecule has 0 aliphatic heterocycles. The van der Waals surface area contributed by atoms with Crippen molar-refractivity contribution in [3.05, 3.63) is 53.6 Å². The Balaban J connectivity index is 1.93. The van der Waals surface area contributed by atoms with Gasteiger partial charge in [0.25, 0.3) is 0 Å². The van der Waals surface area contributed by atoms with Crippen molar-refractivity contribution < 1.29 is 9.59 Å². The van der Waals surface area contributed by atoms with Gasteiger partial charge in [-0.25, -0.2) is 0 Å². The third-order valence-corrected chi connectivity index (χ3v) is 3.34. The molecule has 2 aromatic carbocycles. The number of amides is 2. The van der Waals surface area contributed by atoms with Gasteiger partial charge in [0.1, 0.15) is 0 Å². The Morgan fingerprint density at radius 2 is 1.57 bits per heavy atom. The molecule has 0 spiro atoms. The van der Waals surface area contributed by atoms with E-state index >= 15 is 0 Å². The minimum atomic E-state index is -0.129. The molecule has 5 nitrogen and oxygen atoms in total. The van der Waals surface area contributed by atoms with Crippen LogP contribution in [0.2, 0.25) is 0 Å². The molecule has 0 aliphatic rings. The highest BCUT2D eigenvalue weighted by Crippen LogP contribution is 2.20. The van der Waals surface area contributed by atoms with Gasteiger partial charge in [0.2, 0.25) is 11.8 Å². The van der Waals surface area contributed by atoms with Crippen molar-refractivity contribution in [3.8, 4) is 0 Å². The quantitative estimate of drug-likeness (QED) is 0.793. The van der Waals surface area contributed by atoms with Gasteiger partial charge in [-0.3, -0.25) is 9.59 Å². The molecule has 120 valence electrons. The van der Waals surface area contributed by atoms with Gasteiger partial charge >= 0.3 is 0 Å². The molecular formula is C18H21N3O2. The maximum absolute atomic E-state index is 12.0. The van der Waals surface area contributed by atoms with E-state index in [4.69, 9.17) is 0 Å². The Kier molecular flexibility index (Phi) is 5.36. The van der Waals surface area contributed by atoms with Crippen LogP contribution in [0, 0.1) is 13.8 Å². The molecule has 0 heterocycles. The smallest absolute Gasteiger partial charge is 0.243 e. The lowest BCUT2D eigenvalue weighted by Gasteiger charge is -2.11. The fourth-order valence-corrected chi connectivity index (χ4v) is 2.08. The summed E-state index contributed by atoms with van der Waals surface area (Å²) in [6.07, 6.45) is 0. The lowest BCUT2D eigenvalue weighted by molar-refractivity contribution is -0.115. The average molecular weight is 311 g/mol. The summed E-state index contributed by atoms with van der Waals surface area (Å²) in [5.41, 5.74) is 4.39. The second-order valence-corrected chi connectivity index (χ2v) is 5.48. The van der Waals surface area contributed by atoms with Crippen LogP contribution in [0.1, 0.15) is 18.1 Å². The van der Waals surface area contributed by atoms with E-state index in [1.807, 2.05) is 56.3 Å². The molecule has 0 aliphatic carbocycles. The van der Waals surface area contributed by atoms with Gasteiger partial charge in [-0.1, -0.05) is 23.8 Å². The van der Waals surface area contributed by atoms with Crippen molar-refractivity contribution in [1.29, 1.82) is 0 Å². The first-order chi connectivity index (χ1) is 10.9. The Morgan fingerprint density at radius 3 is 2.22 bits per heavy atom. The normalized spacial score (nSPS) is 10.0. The number of aryl methyl sites for hydroxylation is 2. The highest BCUT2D eigenvalue weighted by atomic mass is 16.2. The first-order valence-corrected chi connectivity index (χ1v) is 7.42. The summed E-state index contributed by atoms with van der Waals surface area (Å²) >= 11 is 0. The number of hydrogen-bond acceptors (Lipinski definition) is 3. The standard InChI is InChI=1S/C18H21N3O2/c1-12-4-7-15(8-5-12)21-18(23)11-19-16-9-6-13(2)17(10-16)20-14(3)22/h4-10,19H,11H2,1-3H3,(H,20,22)(H,21,23). The van der Waals surface area contributed by atoms with Crippen LogP contribution in [-0.4, -0.2) is 18.4 Å². The maximum Gasteiger partial charge on any atom is 0.243 e. The molecule has 0 aromatic heterocycles. The molecule has 0 saturated carbocycles. The monoisotopic (exact) mass is 311 g/mol. The van der Waals surface area contributed by atoms with Gasteiger partial charge < -0.3 is 16.0 Å². The summed E-state index contributed by atoms with van der Waals surface area (Å²) in [4.78, 5) is 23.1. The van der Waals surface area contributed by atoms with E-state index in [2.05, 4.69) is 16.0 Å². The van der Waals surface area contributed by atoms with Gasteiger partial charge in [0, 0.05) is 24.0 Å². The lowest BCUT2D eigenvalue weighted by Crippen LogP contribution is -2.21. The molecule has 0 unspecified atom stereocenters. The van der Waals surface area contributed by atoms with E-state index in [9.17, 15) is 9.59 Å². The zero-order valence-electron chi connectivity index (χ0n) is 13.6. The van der Waals surface area contributed by atoms with Crippen molar-refractivity contribution in [2.45, 2.75) is 20.8 Å². The van der Waals surface area contributed by atoms with Gasteiger partial charge in [-0.15, -0.1) is 0 Å². The summed E-state index contributed by atoms with van der Waals surface area (Å²) in [7, 11) is 0. The number of benzene rings is 2. The Labute approximate surface area is 136 Å². The van der Waals surface area contributed by atoms with Crippen molar-refractivity contribution in [3.63, 3.8) is 0 Å². The lowest BCUT2D eigenvalue weighted by atomic mass is 10.1. The van der Waals surface area contributed by atoms with E-state index in [1.165, 1.54) is 6.92 Å². The number of nitrogens with one attached hydrogen (secondary N) is 3. The summed E-state index contributed by atoms with van der Waals surface area (Å²) in [5.74, 6) is -0.252. The Morgan fingerprint density at radius 1 is 0.913 bits per heavy atom. The van der Waals surface area contributed by atoms with Crippen LogP contribution in [0.5, 0.6) is 0 Å². The van der Waals surface area contributed by atoms with Crippen LogP contribution in [0.4, 0.5) is 17.1 Å². The summed E-state index contributed by atoms with van der Waals surface area (Å²) < 4.78 is 0. The molecule has 3 N–H and O–H groups in total. The molecule has 0 fully saturated rings. The summed E-state index contributed by atoms with van der Waals surface area (Å²) in [6, 6.07) is 13.2. The van der Waals surface area contributed by atoms with Crippen LogP contribution in [0.25, 0.3) is 0 Å². The van der Waals surface area contributed by atoms with Crippen molar-refractivity contribution >= 4 is 28.9 Å². The van der Waals surface area contributed by atoms with E-state index in [0.717, 1.165) is 28.2 Å². The van der Waals surface area contributed by atoms with Crippen molar-refractivity contribution in [2.24, 2.45) is 0 Å². The molecule has 2 rings (SSSR count). The molecule has 0 saturated heterocycles. The minimum absolute atomic E-state index is 0.123. The fraction of sp³-hybridized carbons (Fsp3) is 0.222. The highest BCUT2D eigenvalue weighted by Gasteiger charge is 2.05. The Bertz CT molecular complexity index is 709. The van der Waals surface area contributed by atoms with Gasteiger partial charge in [-0.2, -0.15) is 0 Å². The number of carbonyl (C=O) groups is 2. The number of hydrogen-bond donors (Lipinski definition) is 3. The van der Waals surface area contributed by atoms with E-state index in [-0.39, 0.29) is 18.4 Å². The number of anilines is 3. The minimum Gasteiger partial charge on any atom is -0.376 e. The summed E-state index contributed by atoms with van der Waals surface area (Å²) in [5, 5.41) is 8.65. The van der Waals surface area contributed by atoms with Gasteiger partial charge in [0.05, 0.1) is 6.54 Å². The Hall–Kier alpha value is -2.82. The zero-order valence-corrected chi connectivity index (χ0v) is 13.6. The second kappa shape index (κ2) is 7.45. The maximum atomic E-state index is 12.0. The highest BCUT2D eigenvalue weighted by molar-refractivity contribution is 5.94. The first-order valence-electron chi connectivity index (χ1n) is 7.42. The van der Waals surface area contributed by atoms with Crippen LogP contribution in [0.3, 0.4) is 0 Å². The second-order valence-electron chi connectivity index (χ2n) is 5.48. The van der Waals surface area contributed by atoms with Gasteiger partial charge in [-0.05, 0) is 43.7 Å². The van der Waals surface area contributed by atoms with E-state index < -0.39 is 0 Å². The van der Waals surface area contributed by atoms with E-state index in [0.29, 0.717) is 0 Å². The molecule has 23 heavy (non-hydrogen) atoms. The predicted molar refractivity (Wildman–Crippen MR) is 93.8 cm³/mol.